The Balaban J connectivity index is 2.86. The van der Waals surface area contributed by atoms with Crippen LogP contribution in [0.15, 0.2) is 22.9 Å². The van der Waals surface area contributed by atoms with Gasteiger partial charge in [0, 0.05) is 24.3 Å². The van der Waals surface area contributed by atoms with Crippen LogP contribution in [0.25, 0.3) is 0 Å². The van der Waals surface area contributed by atoms with E-state index in [-0.39, 0.29) is 0 Å². The van der Waals surface area contributed by atoms with Crippen LogP contribution >= 0.6 is 23.2 Å². The average Bonchev–Trinajstić information content (AvgIpc) is 1.84. The quantitative estimate of drug-likeness (QED) is 0.647. The molecule has 0 aliphatic heterocycles. The molecule has 0 amide bonds. The summed E-state index contributed by atoms with van der Waals surface area (Å²) in [4.78, 5) is 0. The SMILES string of the molecule is COC1(Cl)C=C(N)C=C(Cl)C1. The zero-order valence-electron chi connectivity index (χ0n) is 6.10. The van der Waals surface area contributed by atoms with Crippen molar-refractivity contribution in [1.29, 1.82) is 0 Å². The van der Waals surface area contributed by atoms with Gasteiger partial charge in [0.2, 0.25) is 0 Å². The maximum Gasteiger partial charge on any atom is 0.167 e. The first-order valence-corrected chi connectivity index (χ1v) is 3.90. The Morgan fingerprint density at radius 3 is 2.82 bits per heavy atom. The van der Waals surface area contributed by atoms with Gasteiger partial charge in [0.1, 0.15) is 0 Å². The van der Waals surface area contributed by atoms with E-state index in [0.717, 1.165) is 0 Å². The van der Waals surface area contributed by atoms with Gasteiger partial charge in [0.25, 0.3) is 0 Å². The molecule has 1 aliphatic carbocycles. The summed E-state index contributed by atoms with van der Waals surface area (Å²) in [7, 11) is 1.52. The van der Waals surface area contributed by atoms with Crippen LogP contribution in [0.3, 0.4) is 0 Å². The number of allylic oxidation sites excluding steroid dienone is 1. The average molecular weight is 194 g/mol. The molecule has 0 heterocycles. The second-order valence-electron chi connectivity index (χ2n) is 2.40. The summed E-state index contributed by atoms with van der Waals surface area (Å²) in [5.74, 6) is 0. The third kappa shape index (κ3) is 2.12. The molecule has 4 heteroatoms. The summed E-state index contributed by atoms with van der Waals surface area (Å²) in [6.45, 7) is 0. The molecule has 0 saturated heterocycles. The van der Waals surface area contributed by atoms with Crippen LogP contribution in [0.2, 0.25) is 0 Å². The third-order valence-corrected chi connectivity index (χ3v) is 2.09. The van der Waals surface area contributed by atoms with E-state index < -0.39 is 5.06 Å². The molecule has 0 aromatic rings. The number of methoxy groups -OCH3 is 1. The lowest BCUT2D eigenvalue weighted by Gasteiger charge is -2.24. The van der Waals surface area contributed by atoms with E-state index in [1.807, 2.05) is 0 Å². The highest BCUT2D eigenvalue weighted by atomic mass is 35.5. The summed E-state index contributed by atoms with van der Waals surface area (Å²) in [5, 5.41) is -0.238. The van der Waals surface area contributed by atoms with Crippen LogP contribution in [0.4, 0.5) is 0 Å². The van der Waals surface area contributed by atoms with Crippen molar-refractivity contribution < 1.29 is 4.74 Å². The Labute approximate surface area is 75.6 Å². The van der Waals surface area contributed by atoms with E-state index in [1.165, 1.54) is 7.11 Å². The number of ether oxygens (including phenoxy) is 1. The Bertz CT molecular complexity index is 224. The normalized spacial score (nSPS) is 31.2. The van der Waals surface area contributed by atoms with Crippen molar-refractivity contribution in [2.24, 2.45) is 5.73 Å². The largest absolute Gasteiger partial charge is 0.399 e. The smallest absolute Gasteiger partial charge is 0.167 e. The molecule has 0 fully saturated rings. The number of rotatable bonds is 1. The van der Waals surface area contributed by atoms with Gasteiger partial charge in [-0.15, -0.1) is 0 Å². The van der Waals surface area contributed by atoms with Gasteiger partial charge < -0.3 is 10.5 Å². The Morgan fingerprint density at radius 1 is 1.73 bits per heavy atom. The molecule has 11 heavy (non-hydrogen) atoms. The first-order chi connectivity index (χ1) is 5.06. The molecule has 0 bridgehead atoms. The molecule has 2 N–H and O–H groups in total. The lowest BCUT2D eigenvalue weighted by Crippen LogP contribution is -2.25. The van der Waals surface area contributed by atoms with E-state index in [1.54, 1.807) is 12.2 Å². The topological polar surface area (TPSA) is 35.2 Å². The summed E-state index contributed by atoms with van der Waals surface area (Å²) < 4.78 is 5.00. The predicted molar refractivity (Wildman–Crippen MR) is 46.4 cm³/mol. The third-order valence-electron chi connectivity index (χ3n) is 1.45. The van der Waals surface area contributed by atoms with E-state index in [0.29, 0.717) is 17.2 Å². The van der Waals surface area contributed by atoms with Crippen LogP contribution in [-0.4, -0.2) is 12.2 Å². The molecular weight excluding hydrogens is 185 g/mol. The van der Waals surface area contributed by atoms with Crippen LogP contribution in [-0.2, 0) is 4.74 Å². The molecule has 0 radical (unpaired) electrons. The molecule has 1 atom stereocenters. The van der Waals surface area contributed by atoms with E-state index in [9.17, 15) is 0 Å². The van der Waals surface area contributed by atoms with Crippen molar-refractivity contribution in [2.75, 3.05) is 7.11 Å². The fraction of sp³-hybridized carbons (Fsp3) is 0.429. The highest BCUT2D eigenvalue weighted by Crippen LogP contribution is 2.32. The molecule has 2 nitrogen and oxygen atoms in total. The molecule has 0 spiro atoms. The maximum absolute atomic E-state index is 5.95. The first kappa shape index (κ1) is 8.91. The molecule has 0 aromatic heterocycles. The molecule has 1 aliphatic rings. The van der Waals surface area contributed by atoms with Gasteiger partial charge in [-0.1, -0.05) is 23.2 Å². The minimum Gasteiger partial charge on any atom is -0.399 e. The molecule has 62 valence electrons. The van der Waals surface area contributed by atoms with E-state index >= 15 is 0 Å². The van der Waals surface area contributed by atoms with Crippen molar-refractivity contribution in [3.05, 3.63) is 22.9 Å². The maximum atomic E-state index is 5.95. The van der Waals surface area contributed by atoms with Crippen LogP contribution in [0, 0.1) is 0 Å². The molecule has 1 rings (SSSR count). The van der Waals surface area contributed by atoms with Gasteiger partial charge >= 0.3 is 0 Å². The minimum absolute atomic E-state index is 0.466. The van der Waals surface area contributed by atoms with Crippen molar-refractivity contribution in [3.63, 3.8) is 0 Å². The Hall–Kier alpha value is -0.180. The van der Waals surface area contributed by atoms with Gasteiger partial charge in [-0.05, 0) is 12.2 Å². The number of hydrogen-bond acceptors (Lipinski definition) is 2. The van der Waals surface area contributed by atoms with Gasteiger partial charge in [-0.2, -0.15) is 0 Å². The van der Waals surface area contributed by atoms with Crippen molar-refractivity contribution in [3.8, 4) is 0 Å². The zero-order valence-corrected chi connectivity index (χ0v) is 7.62. The summed E-state index contributed by atoms with van der Waals surface area (Å²) >= 11 is 11.7. The second kappa shape index (κ2) is 3.05. The fourth-order valence-electron chi connectivity index (χ4n) is 0.935. The molecular formula is C7H9Cl2NO. The van der Waals surface area contributed by atoms with E-state index in [2.05, 4.69) is 0 Å². The van der Waals surface area contributed by atoms with Gasteiger partial charge in [0.15, 0.2) is 5.06 Å². The molecule has 0 aromatic carbocycles. The highest BCUT2D eigenvalue weighted by Gasteiger charge is 2.28. The Kier molecular flexibility index (Phi) is 2.47. The number of nitrogens with two attached hydrogens (primary N) is 1. The number of halogens is 2. The summed E-state index contributed by atoms with van der Waals surface area (Å²) in [5.41, 5.74) is 6.05. The fourth-order valence-corrected chi connectivity index (χ4v) is 1.60. The first-order valence-electron chi connectivity index (χ1n) is 3.14. The van der Waals surface area contributed by atoms with Crippen LogP contribution < -0.4 is 5.73 Å². The standard InChI is InChI=1S/C7H9Cl2NO/c1-11-7(9)3-5(8)2-6(10)4-7/h2,4H,3,10H2,1H3. The van der Waals surface area contributed by atoms with E-state index in [4.69, 9.17) is 33.7 Å². The highest BCUT2D eigenvalue weighted by molar-refractivity contribution is 6.32. The van der Waals surface area contributed by atoms with Crippen molar-refractivity contribution in [2.45, 2.75) is 11.5 Å². The van der Waals surface area contributed by atoms with Gasteiger partial charge in [0.05, 0.1) is 0 Å². The second-order valence-corrected chi connectivity index (χ2v) is 3.53. The van der Waals surface area contributed by atoms with Crippen LogP contribution in [0.5, 0.6) is 0 Å². The van der Waals surface area contributed by atoms with Crippen molar-refractivity contribution >= 4 is 23.2 Å². The summed E-state index contributed by atoms with van der Waals surface area (Å²) in [6, 6.07) is 0. The summed E-state index contributed by atoms with van der Waals surface area (Å²) in [6.07, 6.45) is 3.77. The zero-order chi connectivity index (χ0) is 8.48. The lowest BCUT2D eigenvalue weighted by molar-refractivity contribution is 0.104. The minimum atomic E-state index is -0.851. The predicted octanol–water partition coefficient (Wildman–Crippen LogP) is 1.94. The monoisotopic (exact) mass is 193 g/mol. The number of alkyl halides is 1. The molecule has 0 saturated carbocycles. The Morgan fingerprint density at radius 2 is 2.36 bits per heavy atom. The lowest BCUT2D eigenvalue weighted by atomic mass is 10.1. The van der Waals surface area contributed by atoms with Gasteiger partial charge in [-0.3, -0.25) is 0 Å². The number of hydrogen-bond donors (Lipinski definition) is 1. The van der Waals surface area contributed by atoms with Crippen LogP contribution in [0.1, 0.15) is 6.42 Å². The van der Waals surface area contributed by atoms with Gasteiger partial charge in [-0.25, -0.2) is 0 Å². The van der Waals surface area contributed by atoms with Crippen molar-refractivity contribution in [1.82, 2.24) is 0 Å². The molecule has 1 unspecified atom stereocenters.